The van der Waals surface area contributed by atoms with Crippen LogP contribution in [0.1, 0.15) is 219 Å². The second-order valence-electron chi connectivity index (χ2n) is 26.6. The summed E-state index contributed by atoms with van der Waals surface area (Å²) in [6, 6.07) is 18.6. The van der Waals surface area contributed by atoms with Crippen LogP contribution in [0.2, 0.25) is 0 Å². The summed E-state index contributed by atoms with van der Waals surface area (Å²) in [6.07, 6.45) is 0.280. The first-order valence-electron chi connectivity index (χ1n) is 25.0. The van der Waals surface area contributed by atoms with Crippen molar-refractivity contribution in [3.8, 4) is 0 Å². The summed E-state index contributed by atoms with van der Waals surface area (Å²) in [5, 5.41) is 3.44. The summed E-state index contributed by atoms with van der Waals surface area (Å²) < 4.78 is 0. The molecule has 3 nitrogen and oxygen atoms in total. The van der Waals surface area contributed by atoms with Crippen LogP contribution in [0.5, 0.6) is 0 Å². The van der Waals surface area contributed by atoms with Crippen molar-refractivity contribution in [3.63, 3.8) is 0 Å². The van der Waals surface area contributed by atoms with E-state index in [2.05, 4.69) is 209 Å². The zero-order chi connectivity index (χ0) is 49.7. The Morgan fingerprint density at radius 3 is 1.00 bits per heavy atom. The summed E-state index contributed by atoms with van der Waals surface area (Å²) in [7, 11) is -5.80. The van der Waals surface area contributed by atoms with Crippen molar-refractivity contribution in [1.29, 1.82) is 0 Å². The second kappa shape index (κ2) is 17.0. The van der Waals surface area contributed by atoms with Crippen LogP contribution in [0.15, 0.2) is 48.5 Å². The second-order valence-corrected chi connectivity index (χ2v) is 30.2. The van der Waals surface area contributed by atoms with Crippen molar-refractivity contribution in [2.45, 2.75) is 224 Å². The van der Waals surface area contributed by atoms with Gasteiger partial charge in [-0.15, -0.1) is 0 Å². The Bertz CT molecular complexity index is 2350. The van der Waals surface area contributed by atoms with E-state index < -0.39 is 17.9 Å². The quantitative estimate of drug-likeness (QED) is 0.0982. The van der Waals surface area contributed by atoms with Crippen molar-refractivity contribution in [1.82, 2.24) is 0 Å². The van der Waals surface area contributed by atoms with Crippen molar-refractivity contribution in [2.75, 3.05) is 0 Å². The van der Waals surface area contributed by atoms with Gasteiger partial charge in [-0.05, 0) is 0 Å². The molecular weight excluding hydrogens is 800 g/mol. The van der Waals surface area contributed by atoms with Gasteiger partial charge in [0.2, 0.25) is 0 Å². The molecule has 0 spiro atoms. The Labute approximate surface area is 394 Å². The summed E-state index contributed by atoms with van der Waals surface area (Å²) in [4.78, 5) is 40.4. The molecule has 0 aliphatic heterocycles. The molecule has 0 radical (unpaired) electrons. The van der Waals surface area contributed by atoms with E-state index in [1.807, 2.05) is 19.9 Å². The molecule has 4 heteroatoms. The number of fused-ring (bicyclic) bond motifs is 2. The SMILES string of the molecule is CC(C)C(C)(C)c1cc(C(C)(C)C(C)C)c2cc(CC(C)(C)P(O)(O)(O)c3cc4c(C(C)(C)C(C)C)cc(C(C)(C)C(C)C)cc4cc3C(C)(C)C(C)C)c(C(C)(C)C(C)C)cc2c1. The fraction of sp³-hybridized carbons (Fsp3) is 0.667. The summed E-state index contributed by atoms with van der Waals surface area (Å²) in [6.45, 7) is 59.0. The molecule has 0 amide bonds. The van der Waals surface area contributed by atoms with Gasteiger partial charge in [0, 0.05) is 0 Å². The van der Waals surface area contributed by atoms with Crippen LogP contribution in [0.4, 0.5) is 0 Å². The molecule has 4 aromatic rings. The van der Waals surface area contributed by atoms with Crippen LogP contribution in [0.3, 0.4) is 0 Å². The van der Waals surface area contributed by atoms with Crippen LogP contribution in [-0.4, -0.2) is 19.8 Å². The van der Waals surface area contributed by atoms with E-state index in [9.17, 15) is 14.7 Å². The zero-order valence-electron chi connectivity index (χ0n) is 46.1. The Morgan fingerprint density at radius 2 is 0.656 bits per heavy atom. The average molecular weight is 897 g/mol. The predicted molar refractivity (Wildman–Crippen MR) is 286 cm³/mol. The van der Waals surface area contributed by atoms with Gasteiger partial charge in [0.05, 0.1) is 0 Å². The summed E-state index contributed by atoms with van der Waals surface area (Å²) >= 11 is 0. The summed E-state index contributed by atoms with van der Waals surface area (Å²) in [5.41, 5.74) is 6.95. The molecule has 0 aliphatic rings. The standard InChI is InChI=1S/C60H97O3P/c1-36(2)55(15,16)45-27-42-30-49(57(19,20)38(5)6)44(29-47(42)50(32-45)58(21,22)39(7)8)35-54(13,14)64(61,62,63)53-34-48-43(31-52(53)60(25,26)41(11)12)28-46(56(17,18)37(3)4)33-51(48)59(23,24)40(9)10/h27-34,36-41,61-63H,35H2,1-26H3. The maximum absolute atomic E-state index is 13.5. The van der Waals surface area contributed by atoms with Gasteiger partial charge < -0.3 is 0 Å². The van der Waals surface area contributed by atoms with E-state index in [1.165, 1.54) is 38.6 Å². The fourth-order valence-corrected chi connectivity index (χ4v) is 11.4. The number of benzene rings is 4. The third-order valence-corrected chi connectivity index (χ3v) is 23.0. The van der Waals surface area contributed by atoms with E-state index >= 15 is 0 Å². The van der Waals surface area contributed by atoms with Gasteiger partial charge in [-0.1, -0.05) is 0 Å². The molecule has 0 bridgehead atoms. The molecule has 0 saturated carbocycles. The minimum absolute atomic E-state index is 0.0376. The molecule has 0 atom stereocenters. The molecule has 0 heterocycles. The number of hydrogen-bond acceptors (Lipinski definition) is 3. The molecule has 64 heavy (non-hydrogen) atoms. The molecule has 0 unspecified atom stereocenters. The Morgan fingerprint density at radius 1 is 0.359 bits per heavy atom. The monoisotopic (exact) mass is 897 g/mol. The van der Waals surface area contributed by atoms with Crippen molar-refractivity contribution in [2.24, 2.45) is 35.5 Å². The molecule has 4 aromatic carbocycles. The van der Waals surface area contributed by atoms with E-state index in [4.69, 9.17) is 0 Å². The van der Waals surface area contributed by atoms with Gasteiger partial charge in [0.25, 0.3) is 0 Å². The molecule has 0 fully saturated rings. The van der Waals surface area contributed by atoms with Crippen molar-refractivity contribution >= 4 is 34.1 Å². The third kappa shape index (κ3) is 9.06. The van der Waals surface area contributed by atoms with E-state index in [0.717, 1.165) is 21.9 Å². The molecule has 4 rings (SSSR count). The van der Waals surface area contributed by atoms with Gasteiger partial charge in [0.1, 0.15) is 0 Å². The first-order chi connectivity index (χ1) is 28.5. The number of rotatable bonds is 16. The predicted octanol–water partition coefficient (Wildman–Crippen LogP) is 16.5. The summed E-state index contributed by atoms with van der Waals surface area (Å²) in [5.74, 6) is 1.98. The van der Waals surface area contributed by atoms with E-state index in [0.29, 0.717) is 34.9 Å². The van der Waals surface area contributed by atoms with Gasteiger partial charge in [0.15, 0.2) is 0 Å². The molecule has 360 valence electrons. The Hall–Kier alpha value is -2.29. The fourth-order valence-electron chi connectivity index (χ4n) is 9.12. The van der Waals surface area contributed by atoms with Gasteiger partial charge >= 0.3 is 396 Å². The minimum atomic E-state index is -5.80. The third-order valence-electron chi connectivity index (χ3n) is 19.4. The Kier molecular flexibility index (Phi) is 14.5. The van der Waals surface area contributed by atoms with E-state index in [1.54, 1.807) is 0 Å². The van der Waals surface area contributed by atoms with Crippen LogP contribution >= 0.6 is 7.28 Å². The van der Waals surface area contributed by atoms with Gasteiger partial charge in [-0.25, -0.2) is 0 Å². The molecule has 3 N–H and O–H groups in total. The van der Waals surface area contributed by atoms with Crippen LogP contribution in [0.25, 0.3) is 21.5 Å². The molecule has 0 aromatic heterocycles. The van der Waals surface area contributed by atoms with Crippen molar-refractivity contribution in [3.05, 3.63) is 87.5 Å². The topological polar surface area (TPSA) is 60.7 Å². The van der Waals surface area contributed by atoms with Crippen molar-refractivity contribution < 1.29 is 14.7 Å². The number of hydrogen-bond donors (Lipinski definition) is 3. The molecule has 0 saturated heterocycles. The van der Waals surface area contributed by atoms with Gasteiger partial charge in [-0.2, -0.15) is 0 Å². The van der Waals surface area contributed by atoms with Crippen LogP contribution in [0, 0.1) is 35.5 Å². The van der Waals surface area contributed by atoms with Gasteiger partial charge in [-0.3, -0.25) is 0 Å². The maximum atomic E-state index is 13.5. The molecule has 0 aliphatic carbocycles. The van der Waals surface area contributed by atoms with Crippen LogP contribution in [-0.2, 0) is 38.9 Å². The first kappa shape index (κ1) is 54.3. The first-order valence-corrected chi connectivity index (χ1v) is 27.1. The molecular formula is C60H97O3P. The van der Waals surface area contributed by atoms with E-state index in [-0.39, 0.29) is 39.4 Å². The average Bonchev–Trinajstić information content (AvgIpc) is 3.15. The normalized spacial score (nSPS) is 15.3. The zero-order valence-corrected chi connectivity index (χ0v) is 47.0. The van der Waals surface area contributed by atoms with Crippen LogP contribution < -0.4 is 5.30 Å². The Balaban J connectivity index is 2.23.